The highest BCUT2D eigenvalue weighted by molar-refractivity contribution is 5.92. The number of aliphatic hydroxyl groups is 1. The molecule has 0 saturated carbocycles. The number of nitro groups is 1. The maximum Gasteiger partial charge on any atom is 0.342 e. The lowest BCUT2D eigenvalue weighted by atomic mass is 10.2. The number of para-hydroxylation sites is 1. The zero-order chi connectivity index (χ0) is 11.8. The van der Waals surface area contributed by atoms with E-state index < -0.39 is 10.9 Å². The maximum atomic E-state index is 10.4. The quantitative estimate of drug-likeness (QED) is 0.569. The van der Waals surface area contributed by atoms with Gasteiger partial charge in [0.2, 0.25) is 0 Å². The van der Waals surface area contributed by atoms with E-state index in [2.05, 4.69) is 0 Å². The van der Waals surface area contributed by atoms with Crippen molar-refractivity contribution in [2.75, 3.05) is 6.61 Å². The Labute approximate surface area is 85.9 Å². The summed E-state index contributed by atoms with van der Waals surface area (Å²) in [6.45, 7) is 1.93. The molecule has 1 aromatic rings. The number of hydrogen-bond donors (Lipinski definition) is 2. The van der Waals surface area contributed by atoms with Crippen molar-refractivity contribution in [3.8, 4) is 0 Å². The van der Waals surface area contributed by atoms with Gasteiger partial charge in [-0.15, -0.1) is 0 Å². The molecule has 0 spiro atoms. The predicted molar refractivity (Wildman–Crippen MR) is 52.8 cm³/mol. The summed E-state index contributed by atoms with van der Waals surface area (Å²) < 4.78 is 0. The minimum absolute atomic E-state index is 0.250. The highest BCUT2D eigenvalue weighted by atomic mass is 16.6. The molecule has 82 valence electrons. The number of carboxylic acids is 1. The van der Waals surface area contributed by atoms with Gasteiger partial charge < -0.3 is 10.2 Å². The Balaban J connectivity index is 0.000000583. The molecule has 6 nitrogen and oxygen atoms in total. The average Bonchev–Trinajstić information content (AvgIpc) is 2.19. The molecule has 0 bridgehead atoms. The number of rotatable bonds is 2. The number of carbonyl (C=O) groups is 1. The topological polar surface area (TPSA) is 101 Å². The highest BCUT2D eigenvalue weighted by Crippen LogP contribution is 2.16. The Kier molecular flexibility index (Phi) is 5.65. The number of aliphatic hydroxyl groups excluding tert-OH is 1. The van der Waals surface area contributed by atoms with Crippen molar-refractivity contribution in [1.82, 2.24) is 0 Å². The molecule has 1 aromatic carbocycles. The predicted octanol–water partition coefficient (Wildman–Crippen LogP) is 1.29. The second kappa shape index (κ2) is 6.50. The van der Waals surface area contributed by atoms with E-state index in [1.54, 1.807) is 6.92 Å². The van der Waals surface area contributed by atoms with E-state index in [4.69, 9.17) is 10.2 Å². The summed E-state index contributed by atoms with van der Waals surface area (Å²) in [5.41, 5.74) is -0.674. The molecule has 0 heterocycles. The summed E-state index contributed by atoms with van der Waals surface area (Å²) in [4.78, 5) is 20.0. The monoisotopic (exact) mass is 213 g/mol. The Morgan fingerprint density at radius 2 is 1.93 bits per heavy atom. The summed E-state index contributed by atoms with van der Waals surface area (Å²) in [5, 5.41) is 26.3. The summed E-state index contributed by atoms with van der Waals surface area (Å²) in [7, 11) is 0. The van der Waals surface area contributed by atoms with Gasteiger partial charge >= 0.3 is 5.97 Å². The standard InChI is InChI=1S/C7H5NO4.C2H6O/c9-7(10)5-3-1-2-4-6(5)8(11)12;1-2-3/h1-4H,(H,9,10);3H,2H2,1H3. The number of nitro benzene ring substituents is 1. The first-order valence-electron chi connectivity index (χ1n) is 4.12. The minimum Gasteiger partial charge on any atom is -0.477 e. The molecule has 0 atom stereocenters. The SMILES string of the molecule is CCO.O=C(O)c1ccccc1[N+](=O)[O-]. The lowest BCUT2D eigenvalue weighted by molar-refractivity contribution is -0.385. The Bertz CT molecular complexity index is 317. The summed E-state index contributed by atoms with van der Waals surface area (Å²) in [6.07, 6.45) is 0. The Morgan fingerprint density at radius 1 is 1.47 bits per heavy atom. The zero-order valence-corrected chi connectivity index (χ0v) is 8.08. The number of hydrogen-bond acceptors (Lipinski definition) is 4. The van der Waals surface area contributed by atoms with Crippen LogP contribution in [0.2, 0.25) is 0 Å². The molecule has 6 heteroatoms. The molecular formula is C9H11NO5. The van der Waals surface area contributed by atoms with E-state index in [1.165, 1.54) is 18.2 Å². The normalized spacial score (nSPS) is 8.67. The second-order valence-electron chi connectivity index (χ2n) is 2.40. The van der Waals surface area contributed by atoms with Gasteiger partial charge in [-0.25, -0.2) is 4.79 Å². The number of aromatic carboxylic acids is 1. The molecule has 1 rings (SSSR count). The maximum absolute atomic E-state index is 10.4. The number of benzene rings is 1. The van der Waals surface area contributed by atoms with Crippen LogP contribution in [-0.2, 0) is 0 Å². The third-order valence-corrected chi connectivity index (χ3v) is 1.33. The van der Waals surface area contributed by atoms with Crippen LogP contribution in [0, 0.1) is 10.1 Å². The van der Waals surface area contributed by atoms with E-state index in [0.29, 0.717) is 0 Å². The molecule has 0 aliphatic heterocycles. The van der Waals surface area contributed by atoms with Crippen LogP contribution in [0.3, 0.4) is 0 Å². The molecule has 0 amide bonds. The zero-order valence-electron chi connectivity index (χ0n) is 8.08. The third-order valence-electron chi connectivity index (χ3n) is 1.33. The molecule has 15 heavy (non-hydrogen) atoms. The van der Waals surface area contributed by atoms with Crippen LogP contribution >= 0.6 is 0 Å². The van der Waals surface area contributed by atoms with Gasteiger partial charge in [0.25, 0.3) is 5.69 Å². The second-order valence-corrected chi connectivity index (χ2v) is 2.40. The van der Waals surface area contributed by atoms with Gasteiger partial charge in [0.05, 0.1) is 4.92 Å². The van der Waals surface area contributed by atoms with Gasteiger partial charge in [-0.3, -0.25) is 10.1 Å². The van der Waals surface area contributed by atoms with Crippen LogP contribution in [0.25, 0.3) is 0 Å². The van der Waals surface area contributed by atoms with Crippen molar-refractivity contribution in [1.29, 1.82) is 0 Å². The van der Waals surface area contributed by atoms with Crippen molar-refractivity contribution in [3.63, 3.8) is 0 Å². The third kappa shape index (κ3) is 4.19. The summed E-state index contributed by atoms with van der Waals surface area (Å²) in [6, 6.07) is 5.21. The van der Waals surface area contributed by atoms with E-state index in [9.17, 15) is 14.9 Å². The van der Waals surface area contributed by atoms with Gasteiger partial charge in [0.15, 0.2) is 0 Å². The molecule has 2 N–H and O–H groups in total. The summed E-state index contributed by atoms with van der Waals surface area (Å²) in [5.74, 6) is -1.29. The van der Waals surface area contributed by atoms with Gasteiger partial charge in [-0.1, -0.05) is 12.1 Å². The van der Waals surface area contributed by atoms with Gasteiger partial charge in [0, 0.05) is 12.7 Å². The first-order chi connectivity index (χ1) is 7.04. The van der Waals surface area contributed by atoms with Crippen LogP contribution in [0.4, 0.5) is 5.69 Å². The fourth-order valence-corrected chi connectivity index (χ4v) is 0.814. The Hall–Kier alpha value is -1.95. The first-order valence-corrected chi connectivity index (χ1v) is 4.12. The van der Waals surface area contributed by atoms with Crippen LogP contribution in [0.1, 0.15) is 17.3 Å². The molecule has 0 aliphatic carbocycles. The molecule has 0 fully saturated rings. The molecule has 0 aromatic heterocycles. The number of carboxylic acid groups (broad SMARTS) is 1. The fourth-order valence-electron chi connectivity index (χ4n) is 0.814. The van der Waals surface area contributed by atoms with Crippen molar-refractivity contribution < 1.29 is 19.9 Å². The Morgan fingerprint density at radius 3 is 2.27 bits per heavy atom. The smallest absolute Gasteiger partial charge is 0.342 e. The van der Waals surface area contributed by atoms with Crippen LogP contribution in [-0.4, -0.2) is 27.7 Å². The largest absolute Gasteiger partial charge is 0.477 e. The molecule has 0 radical (unpaired) electrons. The fraction of sp³-hybridized carbons (Fsp3) is 0.222. The van der Waals surface area contributed by atoms with E-state index in [-0.39, 0.29) is 17.9 Å². The number of nitrogens with zero attached hydrogens (tertiary/aromatic N) is 1. The van der Waals surface area contributed by atoms with Crippen molar-refractivity contribution in [2.45, 2.75) is 6.92 Å². The van der Waals surface area contributed by atoms with E-state index in [0.717, 1.165) is 6.07 Å². The molecule has 0 saturated heterocycles. The molecule has 0 aliphatic rings. The average molecular weight is 213 g/mol. The van der Waals surface area contributed by atoms with Crippen molar-refractivity contribution in [3.05, 3.63) is 39.9 Å². The van der Waals surface area contributed by atoms with Crippen LogP contribution in [0.15, 0.2) is 24.3 Å². The first kappa shape index (κ1) is 13.1. The van der Waals surface area contributed by atoms with Crippen LogP contribution in [0.5, 0.6) is 0 Å². The lowest BCUT2D eigenvalue weighted by Gasteiger charge is -1.94. The molecular weight excluding hydrogens is 202 g/mol. The molecule has 0 unspecified atom stereocenters. The van der Waals surface area contributed by atoms with Crippen LogP contribution < -0.4 is 0 Å². The van der Waals surface area contributed by atoms with Gasteiger partial charge in [0.1, 0.15) is 5.56 Å². The van der Waals surface area contributed by atoms with E-state index in [1.807, 2.05) is 0 Å². The van der Waals surface area contributed by atoms with Gasteiger partial charge in [-0.05, 0) is 13.0 Å². The van der Waals surface area contributed by atoms with Crippen molar-refractivity contribution in [2.24, 2.45) is 0 Å². The van der Waals surface area contributed by atoms with E-state index >= 15 is 0 Å². The highest BCUT2D eigenvalue weighted by Gasteiger charge is 2.17. The van der Waals surface area contributed by atoms with Gasteiger partial charge in [-0.2, -0.15) is 0 Å². The summed E-state index contributed by atoms with van der Waals surface area (Å²) >= 11 is 0. The van der Waals surface area contributed by atoms with Crippen molar-refractivity contribution >= 4 is 11.7 Å². The lowest BCUT2D eigenvalue weighted by Crippen LogP contribution is -2.01. The minimum atomic E-state index is -1.29.